The topological polar surface area (TPSA) is 47.7 Å². The van der Waals surface area contributed by atoms with Gasteiger partial charge in [-0.25, -0.2) is 0 Å². The van der Waals surface area contributed by atoms with Gasteiger partial charge in [0.25, 0.3) is 0 Å². The van der Waals surface area contributed by atoms with Crippen LogP contribution < -0.4 is 0 Å². The molecule has 0 aliphatic carbocycles. The molecule has 0 aromatic rings. The van der Waals surface area contributed by atoms with Crippen molar-refractivity contribution in [1.82, 2.24) is 0 Å². The zero-order valence-electron chi connectivity index (χ0n) is 4.08. The fourth-order valence-corrected chi connectivity index (χ4v) is 0. The molecule has 0 amide bonds. The van der Waals surface area contributed by atoms with Gasteiger partial charge < -0.3 is 18.6 Å². The van der Waals surface area contributed by atoms with Crippen LogP contribution >= 0.6 is 0 Å². The van der Waals surface area contributed by atoms with Gasteiger partial charge in [-0.1, -0.05) is 5.84 Å². The minimum absolute atomic E-state index is 0. The van der Waals surface area contributed by atoms with Crippen LogP contribution in [0.15, 0.2) is 0 Å². The SMILES string of the molecule is CC(=N)[NH-].[CH3-].[Y]. The Bertz CT molecular complexity index is 31.8. The summed E-state index contributed by atoms with van der Waals surface area (Å²) in [4.78, 5) is 0. The van der Waals surface area contributed by atoms with Crippen LogP contribution in [0, 0.1) is 12.8 Å². The summed E-state index contributed by atoms with van der Waals surface area (Å²) < 4.78 is 0. The Labute approximate surface area is 63.9 Å². The summed E-state index contributed by atoms with van der Waals surface area (Å²) in [6.07, 6.45) is 0. The van der Waals surface area contributed by atoms with Crippen LogP contribution in [0.3, 0.4) is 0 Å². The molecule has 0 saturated carbocycles. The van der Waals surface area contributed by atoms with Gasteiger partial charge in [0.15, 0.2) is 0 Å². The third kappa shape index (κ3) is 177. The van der Waals surface area contributed by atoms with Gasteiger partial charge in [-0.3, -0.25) is 0 Å². The minimum atomic E-state index is -0.0833. The fourth-order valence-electron chi connectivity index (χ4n) is 0. The molecular weight excluding hydrogens is 153 g/mol. The molecule has 0 fully saturated rings. The molecule has 0 atom stereocenters. The van der Waals surface area contributed by atoms with Crippen molar-refractivity contribution < 1.29 is 32.7 Å². The fraction of sp³-hybridized carbons (Fsp3) is 0.333. The summed E-state index contributed by atoms with van der Waals surface area (Å²) in [6.45, 7) is 1.42. The number of rotatable bonds is 0. The average Bonchev–Trinajstić information content (AvgIpc) is 0.811. The standard InChI is InChI=1S/C2H5N2.CH3.Y/c1-2(3)4;;/h1H3,(H2-,3,4);1H3;/q2*-1;. The van der Waals surface area contributed by atoms with Gasteiger partial charge in [-0.15, -0.1) is 0 Å². The Balaban J connectivity index is -0.0000000450. The van der Waals surface area contributed by atoms with E-state index >= 15 is 0 Å². The molecular formula is C3H8N2Y-2. The molecule has 0 unspecified atom stereocenters. The van der Waals surface area contributed by atoms with Crippen molar-refractivity contribution in [2.75, 3.05) is 0 Å². The minimum Gasteiger partial charge on any atom is -0.486 e. The summed E-state index contributed by atoms with van der Waals surface area (Å²) in [6, 6.07) is 0. The third-order valence-corrected chi connectivity index (χ3v) is 0. The maximum Gasteiger partial charge on any atom is 0 e. The summed E-state index contributed by atoms with van der Waals surface area (Å²) >= 11 is 0. The zero-order chi connectivity index (χ0) is 3.58. The molecule has 35 valence electrons. The summed E-state index contributed by atoms with van der Waals surface area (Å²) in [5.74, 6) is -0.0833. The van der Waals surface area contributed by atoms with Crippen molar-refractivity contribution in [3.05, 3.63) is 13.2 Å². The predicted octanol–water partition coefficient (Wildman–Crippen LogP) is 1.48. The summed E-state index contributed by atoms with van der Waals surface area (Å²) in [5.41, 5.74) is 6.17. The van der Waals surface area contributed by atoms with E-state index in [1.165, 1.54) is 6.92 Å². The first-order valence-electron chi connectivity index (χ1n) is 1.00. The Hall–Kier alpha value is 0.574. The van der Waals surface area contributed by atoms with Gasteiger partial charge in [0, 0.05) is 32.7 Å². The van der Waals surface area contributed by atoms with Crippen molar-refractivity contribution in [1.29, 1.82) is 5.41 Å². The second kappa shape index (κ2) is 9.13. The second-order valence-corrected chi connectivity index (χ2v) is 0.625. The van der Waals surface area contributed by atoms with Crippen LogP contribution in [0.25, 0.3) is 5.73 Å². The van der Waals surface area contributed by atoms with Crippen molar-refractivity contribution in [3.8, 4) is 0 Å². The number of amidine groups is 1. The molecule has 6 heavy (non-hydrogen) atoms. The molecule has 0 heterocycles. The molecule has 0 rings (SSSR count). The predicted molar refractivity (Wildman–Crippen MR) is 24.1 cm³/mol. The molecule has 0 spiro atoms. The van der Waals surface area contributed by atoms with Crippen LogP contribution in [0.5, 0.6) is 0 Å². The van der Waals surface area contributed by atoms with Crippen LogP contribution in [0.2, 0.25) is 0 Å². The van der Waals surface area contributed by atoms with Gasteiger partial charge in [-0.2, -0.15) is 0 Å². The van der Waals surface area contributed by atoms with Crippen molar-refractivity contribution >= 4 is 5.84 Å². The largest absolute Gasteiger partial charge is 0.486 e. The summed E-state index contributed by atoms with van der Waals surface area (Å²) in [7, 11) is 0. The number of hydrogen-bond acceptors (Lipinski definition) is 1. The Kier molecular flexibility index (Phi) is 24.3. The second-order valence-electron chi connectivity index (χ2n) is 0.625. The van der Waals surface area contributed by atoms with Gasteiger partial charge in [-0.05, 0) is 6.92 Å². The average molecular weight is 161 g/mol. The first-order chi connectivity index (χ1) is 1.73. The van der Waals surface area contributed by atoms with E-state index in [1.807, 2.05) is 0 Å². The van der Waals surface area contributed by atoms with E-state index in [9.17, 15) is 0 Å². The molecule has 2 N–H and O–H groups in total. The molecule has 0 saturated heterocycles. The maximum absolute atomic E-state index is 6.17. The normalized spacial score (nSPS) is 4.17. The van der Waals surface area contributed by atoms with Gasteiger partial charge in [0.1, 0.15) is 0 Å². The molecule has 1 radical (unpaired) electrons. The van der Waals surface area contributed by atoms with E-state index in [2.05, 4.69) is 0 Å². The van der Waals surface area contributed by atoms with Crippen LogP contribution in [-0.4, -0.2) is 5.84 Å². The maximum atomic E-state index is 6.17. The first-order valence-corrected chi connectivity index (χ1v) is 1.00. The van der Waals surface area contributed by atoms with Gasteiger partial charge in [0.2, 0.25) is 0 Å². The van der Waals surface area contributed by atoms with E-state index in [1.54, 1.807) is 0 Å². The van der Waals surface area contributed by atoms with Gasteiger partial charge >= 0.3 is 0 Å². The van der Waals surface area contributed by atoms with E-state index in [0.29, 0.717) is 0 Å². The van der Waals surface area contributed by atoms with E-state index in [4.69, 9.17) is 11.1 Å². The molecule has 0 aliphatic heterocycles. The third-order valence-electron chi connectivity index (χ3n) is 0. The van der Waals surface area contributed by atoms with Crippen LogP contribution in [-0.2, 0) is 32.7 Å². The number of hydrogen-bond donors (Lipinski definition) is 1. The Morgan fingerprint density at radius 2 is 1.67 bits per heavy atom. The summed E-state index contributed by atoms with van der Waals surface area (Å²) in [5, 5.41) is 6.17. The van der Waals surface area contributed by atoms with Crippen LogP contribution in [0.4, 0.5) is 0 Å². The monoisotopic (exact) mass is 161 g/mol. The molecule has 0 aromatic heterocycles. The quantitative estimate of drug-likeness (QED) is 0.318. The molecule has 0 aromatic carbocycles. The van der Waals surface area contributed by atoms with Crippen LogP contribution in [0.1, 0.15) is 6.92 Å². The molecule has 0 aliphatic rings. The molecule has 2 nitrogen and oxygen atoms in total. The van der Waals surface area contributed by atoms with Gasteiger partial charge in [0.05, 0.1) is 0 Å². The van der Waals surface area contributed by atoms with E-state index in [0.717, 1.165) is 0 Å². The Morgan fingerprint density at radius 1 is 1.67 bits per heavy atom. The molecule has 3 heteroatoms. The first kappa shape index (κ1) is 16.0. The zero-order valence-corrected chi connectivity index (χ0v) is 6.92. The smallest absolute Gasteiger partial charge is 0 e. The molecule has 0 bridgehead atoms. The van der Waals surface area contributed by atoms with Crippen molar-refractivity contribution in [2.24, 2.45) is 0 Å². The van der Waals surface area contributed by atoms with Crippen molar-refractivity contribution in [3.63, 3.8) is 0 Å². The van der Waals surface area contributed by atoms with E-state index < -0.39 is 0 Å². The Morgan fingerprint density at radius 3 is 1.67 bits per heavy atom. The van der Waals surface area contributed by atoms with Crippen molar-refractivity contribution in [2.45, 2.75) is 6.92 Å². The number of nitrogens with one attached hydrogen (secondary N) is 2. The van der Waals surface area contributed by atoms with E-state index in [-0.39, 0.29) is 46.0 Å².